The number of hydrogen-bond donors (Lipinski definition) is 0. The van der Waals surface area contributed by atoms with Crippen molar-refractivity contribution in [2.24, 2.45) is 0 Å². The predicted molar refractivity (Wildman–Crippen MR) is 91.6 cm³/mol. The van der Waals surface area contributed by atoms with Gasteiger partial charge in [0.15, 0.2) is 0 Å². The summed E-state index contributed by atoms with van der Waals surface area (Å²) in [5.41, 5.74) is 3.68. The smallest absolute Gasteiger partial charge is 0.141 e. The molecule has 0 saturated heterocycles. The average Bonchev–Trinajstić information content (AvgIpc) is 3.25. The molecule has 8 heteroatoms. The summed E-state index contributed by atoms with van der Waals surface area (Å²) in [6, 6.07) is 15.6. The van der Waals surface area contributed by atoms with E-state index < -0.39 is 0 Å². The lowest BCUT2D eigenvalue weighted by molar-refractivity contribution is 0.0268. The number of benzene rings is 2. The van der Waals surface area contributed by atoms with Gasteiger partial charge >= 0.3 is 0 Å². The molecule has 2 heterocycles. The minimum absolute atomic E-state index is 0.383. The summed E-state index contributed by atoms with van der Waals surface area (Å²) >= 11 is 0. The molecule has 0 aliphatic rings. The number of hydrogen-bond acceptors (Lipinski definition) is 6. The lowest BCUT2D eigenvalue weighted by atomic mass is 10.3. The molecule has 0 spiro atoms. The number of fused-ring (bicyclic) bond motifs is 2. The molecule has 25 heavy (non-hydrogen) atoms. The van der Waals surface area contributed by atoms with Crippen LogP contribution in [0, 0.1) is 0 Å². The van der Waals surface area contributed by atoms with Crippen LogP contribution in [-0.2, 0) is 22.9 Å². The third-order valence-corrected chi connectivity index (χ3v) is 3.84. The van der Waals surface area contributed by atoms with Crippen LogP contribution in [0.15, 0.2) is 48.5 Å². The highest BCUT2D eigenvalue weighted by Gasteiger charge is 2.04. The zero-order chi connectivity index (χ0) is 16.9. The van der Waals surface area contributed by atoms with Crippen LogP contribution in [0.1, 0.15) is 6.42 Å². The van der Waals surface area contributed by atoms with E-state index in [0.29, 0.717) is 26.7 Å². The molecule has 0 aliphatic carbocycles. The number of rotatable bonds is 8. The molecule has 0 bridgehead atoms. The summed E-state index contributed by atoms with van der Waals surface area (Å²) in [6.07, 6.45) is 0.791. The van der Waals surface area contributed by atoms with Crippen LogP contribution < -0.4 is 0 Å². The SMILES string of the molecule is c1ccc2c(c1)nnn2COCCCOCn1nnc2ccccc21. The van der Waals surface area contributed by atoms with E-state index in [1.54, 1.807) is 9.36 Å². The van der Waals surface area contributed by atoms with Crippen LogP contribution in [-0.4, -0.2) is 43.2 Å². The van der Waals surface area contributed by atoms with Gasteiger partial charge in [0.2, 0.25) is 0 Å². The molecule has 4 rings (SSSR count). The van der Waals surface area contributed by atoms with Crippen molar-refractivity contribution < 1.29 is 9.47 Å². The summed E-state index contributed by atoms with van der Waals surface area (Å²) in [5.74, 6) is 0. The molecule has 128 valence electrons. The van der Waals surface area contributed by atoms with Gasteiger partial charge < -0.3 is 9.47 Å². The minimum atomic E-state index is 0.383. The van der Waals surface area contributed by atoms with E-state index in [4.69, 9.17) is 9.47 Å². The van der Waals surface area contributed by atoms with E-state index >= 15 is 0 Å². The summed E-state index contributed by atoms with van der Waals surface area (Å²) in [6.45, 7) is 1.95. The van der Waals surface area contributed by atoms with Crippen LogP contribution >= 0.6 is 0 Å². The first-order chi connectivity index (χ1) is 12.4. The predicted octanol–water partition coefficient (Wildman–Crippen LogP) is 2.21. The summed E-state index contributed by atoms with van der Waals surface area (Å²) in [5, 5.41) is 16.4. The maximum absolute atomic E-state index is 5.64. The van der Waals surface area contributed by atoms with Crippen molar-refractivity contribution in [2.75, 3.05) is 13.2 Å². The van der Waals surface area contributed by atoms with E-state index in [2.05, 4.69) is 20.6 Å². The minimum Gasteiger partial charge on any atom is -0.359 e. The van der Waals surface area contributed by atoms with Gasteiger partial charge in [-0.15, -0.1) is 10.2 Å². The second-order valence-corrected chi connectivity index (χ2v) is 5.58. The lowest BCUT2D eigenvalue weighted by Crippen LogP contribution is -2.09. The Hall–Kier alpha value is -2.84. The molecule has 2 aromatic heterocycles. The summed E-state index contributed by atoms with van der Waals surface area (Å²) in [4.78, 5) is 0. The Labute approximate surface area is 143 Å². The fraction of sp³-hybridized carbons (Fsp3) is 0.294. The Morgan fingerprint density at radius 1 is 0.680 bits per heavy atom. The largest absolute Gasteiger partial charge is 0.359 e. The first-order valence-corrected chi connectivity index (χ1v) is 8.14. The molecule has 0 atom stereocenters. The lowest BCUT2D eigenvalue weighted by Gasteiger charge is -2.06. The van der Waals surface area contributed by atoms with Crippen molar-refractivity contribution in [3.63, 3.8) is 0 Å². The van der Waals surface area contributed by atoms with Crippen LogP contribution in [0.25, 0.3) is 22.1 Å². The van der Waals surface area contributed by atoms with E-state index in [9.17, 15) is 0 Å². The van der Waals surface area contributed by atoms with Crippen molar-refractivity contribution in [3.05, 3.63) is 48.5 Å². The molecule has 0 aliphatic heterocycles. The zero-order valence-corrected chi connectivity index (χ0v) is 13.7. The molecular formula is C17H18N6O2. The molecule has 0 saturated carbocycles. The van der Waals surface area contributed by atoms with Gasteiger partial charge in [0, 0.05) is 0 Å². The number of nitrogens with zero attached hydrogens (tertiary/aromatic N) is 6. The van der Waals surface area contributed by atoms with Gasteiger partial charge in [-0.2, -0.15) is 0 Å². The van der Waals surface area contributed by atoms with Crippen LogP contribution in [0.4, 0.5) is 0 Å². The van der Waals surface area contributed by atoms with E-state index in [-0.39, 0.29) is 0 Å². The van der Waals surface area contributed by atoms with Gasteiger partial charge in [-0.3, -0.25) is 0 Å². The highest BCUT2D eigenvalue weighted by Crippen LogP contribution is 2.10. The fourth-order valence-corrected chi connectivity index (χ4v) is 2.59. The Morgan fingerprint density at radius 3 is 1.68 bits per heavy atom. The molecule has 4 aromatic rings. The maximum atomic E-state index is 5.64. The Morgan fingerprint density at radius 2 is 1.16 bits per heavy atom. The van der Waals surface area contributed by atoms with Gasteiger partial charge in [0.05, 0.1) is 24.2 Å². The highest BCUT2D eigenvalue weighted by atomic mass is 16.5. The summed E-state index contributed by atoms with van der Waals surface area (Å²) < 4.78 is 14.8. The molecule has 0 unspecified atom stereocenters. The van der Waals surface area contributed by atoms with Crippen molar-refractivity contribution in [2.45, 2.75) is 19.9 Å². The zero-order valence-electron chi connectivity index (χ0n) is 13.7. The van der Waals surface area contributed by atoms with Gasteiger partial charge in [-0.05, 0) is 30.7 Å². The molecule has 0 fully saturated rings. The van der Waals surface area contributed by atoms with Crippen molar-refractivity contribution in [1.29, 1.82) is 0 Å². The van der Waals surface area contributed by atoms with Gasteiger partial charge in [-0.25, -0.2) is 9.36 Å². The molecular weight excluding hydrogens is 320 g/mol. The fourth-order valence-electron chi connectivity index (χ4n) is 2.59. The van der Waals surface area contributed by atoms with Gasteiger partial charge in [0.25, 0.3) is 0 Å². The number of aromatic nitrogens is 6. The third kappa shape index (κ3) is 3.49. The Balaban J connectivity index is 1.18. The molecule has 8 nitrogen and oxygen atoms in total. The molecule has 0 amide bonds. The van der Waals surface area contributed by atoms with Crippen LogP contribution in [0.2, 0.25) is 0 Å². The molecule has 2 aromatic carbocycles. The van der Waals surface area contributed by atoms with Crippen molar-refractivity contribution in [1.82, 2.24) is 30.0 Å². The third-order valence-electron chi connectivity index (χ3n) is 3.84. The quantitative estimate of drug-likeness (QED) is 0.458. The Bertz CT molecular complexity index is 886. The first kappa shape index (κ1) is 15.7. The van der Waals surface area contributed by atoms with Gasteiger partial charge in [0.1, 0.15) is 24.5 Å². The highest BCUT2D eigenvalue weighted by molar-refractivity contribution is 5.74. The van der Waals surface area contributed by atoms with E-state index in [0.717, 1.165) is 28.5 Å². The van der Waals surface area contributed by atoms with Crippen LogP contribution in [0.5, 0.6) is 0 Å². The second kappa shape index (κ2) is 7.37. The normalized spacial score (nSPS) is 11.5. The standard InChI is InChI=1S/C17H18N6O2/c1-3-8-16-14(6-1)18-20-22(16)12-24-10-5-11-25-13-23-17-9-4-2-7-15(17)19-21-23/h1-4,6-9H,5,10-13H2. The van der Waals surface area contributed by atoms with Crippen molar-refractivity contribution >= 4 is 22.1 Å². The maximum Gasteiger partial charge on any atom is 0.141 e. The number of para-hydroxylation sites is 2. The van der Waals surface area contributed by atoms with E-state index in [1.165, 1.54) is 0 Å². The number of ether oxygens (including phenoxy) is 2. The topological polar surface area (TPSA) is 79.9 Å². The first-order valence-electron chi connectivity index (χ1n) is 8.14. The molecule has 0 N–H and O–H groups in total. The van der Waals surface area contributed by atoms with Crippen molar-refractivity contribution in [3.8, 4) is 0 Å². The van der Waals surface area contributed by atoms with Crippen LogP contribution in [0.3, 0.4) is 0 Å². The second-order valence-electron chi connectivity index (χ2n) is 5.58. The average molecular weight is 338 g/mol. The monoisotopic (exact) mass is 338 g/mol. The summed E-state index contributed by atoms with van der Waals surface area (Å²) in [7, 11) is 0. The Kier molecular flexibility index (Phi) is 4.62. The van der Waals surface area contributed by atoms with E-state index in [1.807, 2.05) is 48.5 Å². The molecule has 0 radical (unpaired) electrons. The van der Waals surface area contributed by atoms with Gasteiger partial charge in [-0.1, -0.05) is 34.7 Å².